The molecule has 0 aliphatic carbocycles. The van der Waals surface area contributed by atoms with Gasteiger partial charge in [-0.05, 0) is 18.1 Å². The average molecular weight is 260 g/mol. The molecular formula is C13H19F3N2. The molecule has 0 fully saturated rings. The molecule has 2 heterocycles. The van der Waals surface area contributed by atoms with E-state index in [2.05, 4.69) is 4.98 Å². The average Bonchev–Trinajstić information content (AvgIpc) is 2.29. The summed E-state index contributed by atoms with van der Waals surface area (Å²) in [5.41, 5.74) is 2.85. The van der Waals surface area contributed by atoms with Crippen LogP contribution in [0.3, 0.4) is 0 Å². The van der Waals surface area contributed by atoms with Crippen molar-refractivity contribution >= 4 is 0 Å². The summed E-state index contributed by atoms with van der Waals surface area (Å²) in [5, 5.41) is 0. The first-order chi connectivity index (χ1) is 8.44. The van der Waals surface area contributed by atoms with Gasteiger partial charge >= 0.3 is 6.18 Å². The molecular weight excluding hydrogens is 241 g/mol. The van der Waals surface area contributed by atoms with E-state index in [-0.39, 0.29) is 0 Å². The van der Waals surface area contributed by atoms with E-state index in [9.17, 15) is 13.2 Å². The van der Waals surface area contributed by atoms with Gasteiger partial charge in [-0.3, -0.25) is 9.88 Å². The number of nitrogens with zero attached hydrogens (tertiary/aromatic N) is 2. The van der Waals surface area contributed by atoms with Gasteiger partial charge in [0.05, 0.1) is 6.54 Å². The summed E-state index contributed by atoms with van der Waals surface area (Å²) in [7, 11) is 0. The molecule has 18 heavy (non-hydrogen) atoms. The van der Waals surface area contributed by atoms with Crippen molar-refractivity contribution in [3.8, 4) is 0 Å². The molecule has 0 radical (unpaired) electrons. The monoisotopic (exact) mass is 260 g/mol. The lowest BCUT2D eigenvalue weighted by molar-refractivity contribution is -0.147. The second-order valence-corrected chi connectivity index (χ2v) is 4.19. The summed E-state index contributed by atoms with van der Waals surface area (Å²) in [6.45, 7) is 5.85. The number of alkyl halides is 3. The van der Waals surface area contributed by atoms with E-state index >= 15 is 0 Å². The first-order valence-electron chi connectivity index (χ1n) is 6.17. The van der Waals surface area contributed by atoms with Crippen molar-refractivity contribution in [3.63, 3.8) is 0 Å². The van der Waals surface area contributed by atoms with Gasteiger partial charge in [0, 0.05) is 31.4 Å². The molecule has 102 valence electrons. The molecule has 0 spiro atoms. The normalized spacial score (nSPS) is 15.7. The summed E-state index contributed by atoms with van der Waals surface area (Å²) < 4.78 is 36.7. The summed E-state index contributed by atoms with van der Waals surface area (Å²) >= 11 is 0. The van der Waals surface area contributed by atoms with Gasteiger partial charge in [0.15, 0.2) is 0 Å². The van der Waals surface area contributed by atoms with Crippen LogP contribution in [-0.4, -0.2) is 29.1 Å². The lowest BCUT2D eigenvalue weighted by Crippen LogP contribution is -2.38. The molecule has 0 aromatic carbocycles. The highest BCUT2D eigenvalue weighted by molar-refractivity contribution is 5.26. The molecule has 0 saturated heterocycles. The summed E-state index contributed by atoms with van der Waals surface area (Å²) in [6, 6.07) is 1.92. The Morgan fingerprint density at radius 3 is 2.61 bits per heavy atom. The van der Waals surface area contributed by atoms with E-state index in [1.165, 1.54) is 4.90 Å². The number of halogens is 3. The Morgan fingerprint density at radius 1 is 1.33 bits per heavy atom. The molecule has 0 saturated carbocycles. The van der Waals surface area contributed by atoms with E-state index in [1.807, 2.05) is 26.8 Å². The van der Waals surface area contributed by atoms with E-state index in [4.69, 9.17) is 0 Å². The van der Waals surface area contributed by atoms with Crippen LogP contribution in [0.2, 0.25) is 0 Å². The van der Waals surface area contributed by atoms with E-state index in [1.54, 1.807) is 6.20 Å². The highest BCUT2D eigenvalue weighted by Crippen LogP contribution is 2.22. The first kappa shape index (κ1) is 15.0. The molecule has 0 unspecified atom stereocenters. The zero-order valence-corrected chi connectivity index (χ0v) is 11.0. The van der Waals surface area contributed by atoms with Crippen molar-refractivity contribution in [3.05, 3.63) is 29.1 Å². The Labute approximate surface area is 106 Å². The van der Waals surface area contributed by atoms with Gasteiger partial charge < -0.3 is 0 Å². The van der Waals surface area contributed by atoms with Crippen molar-refractivity contribution in [2.45, 2.75) is 39.9 Å². The van der Waals surface area contributed by atoms with Gasteiger partial charge in [-0.1, -0.05) is 19.9 Å². The predicted molar refractivity (Wildman–Crippen MR) is 65.4 cm³/mol. The second-order valence-electron chi connectivity index (χ2n) is 4.19. The molecule has 1 aliphatic heterocycles. The standard InChI is InChI=1S/C11H13F3N2.C2H6/c1-8-4-9-6-16(7-11(12,13)14)3-2-10(9)15-5-8;1-2/h4-5H,2-3,6-7H2,1H3;1-2H3. The van der Waals surface area contributed by atoms with Gasteiger partial charge in [0.2, 0.25) is 0 Å². The number of pyridine rings is 1. The fourth-order valence-corrected chi connectivity index (χ4v) is 1.99. The zero-order chi connectivity index (χ0) is 13.8. The maximum atomic E-state index is 12.2. The molecule has 1 aromatic heterocycles. The molecule has 0 atom stereocenters. The number of aromatic nitrogens is 1. The Hall–Kier alpha value is -1.10. The van der Waals surface area contributed by atoms with Crippen LogP contribution in [0.1, 0.15) is 30.7 Å². The van der Waals surface area contributed by atoms with Crippen molar-refractivity contribution in [2.24, 2.45) is 0 Å². The highest BCUT2D eigenvalue weighted by atomic mass is 19.4. The van der Waals surface area contributed by atoms with Crippen LogP contribution in [-0.2, 0) is 13.0 Å². The van der Waals surface area contributed by atoms with Crippen molar-refractivity contribution in [2.75, 3.05) is 13.1 Å². The van der Waals surface area contributed by atoms with E-state index < -0.39 is 12.7 Å². The third kappa shape index (κ3) is 4.29. The van der Waals surface area contributed by atoms with Gasteiger partial charge in [0.25, 0.3) is 0 Å². The van der Waals surface area contributed by atoms with Gasteiger partial charge in [0.1, 0.15) is 0 Å². The largest absolute Gasteiger partial charge is 0.401 e. The topological polar surface area (TPSA) is 16.1 Å². The number of rotatable bonds is 1. The smallest absolute Gasteiger partial charge is 0.290 e. The lowest BCUT2D eigenvalue weighted by atomic mass is 10.0. The minimum Gasteiger partial charge on any atom is -0.290 e. The van der Waals surface area contributed by atoms with Crippen LogP contribution < -0.4 is 0 Å². The van der Waals surface area contributed by atoms with Gasteiger partial charge in [-0.2, -0.15) is 13.2 Å². The van der Waals surface area contributed by atoms with Crippen LogP contribution in [0.5, 0.6) is 0 Å². The Morgan fingerprint density at radius 2 is 2.00 bits per heavy atom. The molecule has 0 amide bonds. The fraction of sp³-hybridized carbons (Fsp3) is 0.615. The van der Waals surface area contributed by atoms with Crippen LogP contribution in [0, 0.1) is 6.92 Å². The zero-order valence-electron chi connectivity index (χ0n) is 11.0. The second kappa shape index (κ2) is 6.18. The summed E-state index contributed by atoms with van der Waals surface area (Å²) in [6.07, 6.45) is -1.75. The quantitative estimate of drug-likeness (QED) is 0.770. The Balaban J connectivity index is 0.000000771. The minimum absolute atomic E-state index is 0.351. The molecule has 2 nitrogen and oxygen atoms in total. The predicted octanol–water partition coefficient (Wildman–Crippen LogP) is 3.34. The molecule has 0 N–H and O–H groups in total. The molecule has 2 rings (SSSR count). The van der Waals surface area contributed by atoms with Crippen molar-refractivity contribution in [1.29, 1.82) is 0 Å². The van der Waals surface area contributed by atoms with E-state index in [0.29, 0.717) is 19.5 Å². The minimum atomic E-state index is -4.12. The first-order valence-corrected chi connectivity index (χ1v) is 6.17. The van der Waals surface area contributed by atoms with Crippen LogP contribution in [0.25, 0.3) is 0 Å². The third-order valence-electron chi connectivity index (χ3n) is 2.66. The maximum absolute atomic E-state index is 12.2. The van der Waals surface area contributed by atoms with Crippen molar-refractivity contribution in [1.82, 2.24) is 9.88 Å². The summed E-state index contributed by atoms with van der Waals surface area (Å²) in [5.74, 6) is 0. The molecule has 1 aromatic rings. The van der Waals surface area contributed by atoms with Crippen LogP contribution >= 0.6 is 0 Å². The maximum Gasteiger partial charge on any atom is 0.401 e. The fourth-order valence-electron chi connectivity index (χ4n) is 1.99. The highest BCUT2D eigenvalue weighted by Gasteiger charge is 2.32. The van der Waals surface area contributed by atoms with Gasteiger partial charge in [-0.25, -0.2) is 0 Å². The summed E-state index contributed by atoms with van der Waals surface area (Å²) in [4.78, 5) is 5.66. The van der Waals surface area contributed by atoms with E-state index in [0.717, 1.165) is 16.8 Å². The number of aryl methyl sites for hydroxylation is 1. The number of fused-ring (bicyclic) bond motifs is 1. The Bertz CT molecular complexity index is 388. The SMILES string of the molecule is CC.Cc1cnc2c(c1)CN(CC(F)(F)F)CC2. The van der Waals surface area contributed by atoms with Crippen LogP contribution in [0.4, 0.5) is 13.2 Å². The number of hydrogen-bond donors (Lipinski definition) is 0. The third-order valence-corrected chi connectivity index (χ3v) is 2.66. The molecule has 5 heteroatoms. The lowest BCUT2D eigenvalue weighted by Gasteiger charge is -2.28. The van der Waals surface area contributed by atoms with Crippen LogP contribution in [0.15, 0.2) is 12.3 Å². The Kier molecular flexibility index (Phi) is 5.14. The molecule has 1 aliphatic rings. The van der Waals surface area contributed by atoms with Crippen molar-refractivity contribution < 1.29 is 13.2 Å². The number of hydrogen-bond acceptors (Lipinski definition) is 2. The van der Waals surface area contributed by atoms with Gasteiger partial charge in [-0.15, -0.1) is 0 Å². The molecule has 0 bridgehead atoms.